The molecule has 0 unspecified atom stereocenters. The van der Waals surface area contributed by atoms with Crippen LogP contribution in [-0.4, -0.2) is 45.6 Å². The maximum Gasteiger partial charge on any atom is 0.242 e. The fourth-order valence-electron chi connectivity index (χ4n) is 4.37. The fourth-order valence-corrected chi connectivity index (χ4v) is 4.37. The number of benzene rings is 1. The first-order valence-corrected chi connectivity index (χ1v) is 9.16. The van der Waals surface area contributed by atoms with E-state index in [9.17, 15) is 9.90 Å². The Morgan fingerprint density at radius 2 is 2.00 bits per heavy atom. The van der Waals surface area contributed by atoms with Gasteiger partial charge in [0.1, 0.15) is 0 Å². The van der Waals surface area contributed by atoms with Crippen LogP contribution in [0.1, 0.15) is 31.2 Å². The molecule has 2 atom stereocenters. The number of aliphatic hydroxyl groups is 1. The van der Waals surface area contributed by atoms with Crippen molar-refractivity contribution in [2.75, 3.05) is 13.1 Å². The molecule has 25 heavy (non-hydrogen) atoms. The van der Waals surface area contributed by atoms with E-state index < -0.39 is 11.6 Å². The Kier molecular flexibility index (Phi) is 4.21. The topological polar surface area (TPSA) is 79.5 Å². The fraction of sp³-hybridized carbons (Fsp3) is 0.500. The molecule has 0 spiro atoms. The number of nitrogens with zero attached hydrogens (tertiary/aromatic N) is 2. The van der Waals surface area contributed by atoms with Crippen LogP contribution >= 0.6 is 0 Å². The summed E-state index contributed by atoms with van der Waals surface area (Å²) < 4.78 is 0. The zero-order chi connectivity index (χ0) is 17.4. The number of aromatic nitrogens is 1. The number of likely N-dealkylation sites (tertiary alicyclic amines) is 1. The molecule has 2 aliphatic rings. The first-order chi connectivity index (χ1) is 12.1. The Labute approximate surface area is 147 Å². The second kappa shape index (κ2) is 6.39. The Bertz CT molecular complexity index is 780. The van der Waals surface area contributed by atoms with Gasteiger partial charge in [-0.1, -0.05) is 31.0 Å². The van der Waals surface area contributed by atoms with Crippen molar-refractivity contribution in [3.05, 3.63) is 42.1 Å². The summed E-state index contributed by atoms with van der Waals surface area (Å²) in [7, 11) is 0. The summed E-state index contributed by atoms with van der Waals surface area (Å²) in [5, 5.41) is 11.6. The molecule has 1 aliphatic heterocycles. The Balaban J connectivity index is 1.51. The number of amides is 1. The standard InChI is InChI=1S/C20H25N3O2/c21-20(8-3-4-9-20)19(25)23-12-15(18(24)13-23)11-14-7-10-22-17-6-2-1-5-16(14)17/h1-2,5-7,10,15,18,24H,3-4,8-9,11-13,21H2/t15-,18+/m1/s1. The van der Waals surface area contributed by atoms with Gasteiger partial charge in [0.2, 0.25) is 5.91 Å². The molecule has 3 N–H and O–H groups in total. The Morgan fingerprint density at radius 1 is 1.24 bits per heavy atom. The number of carbonyl (C=O) groups excluding carboxylic acids is 1. The summed E-state index contributed by atoms with van der Waals surface area (Å²) >= 11 is 0. The van der Waals surface area contributed by atoms with E-state index >= 15 is 0 Å². The third-order valence-corrected chi connectivity index (χ3v) is 5.84. The molecule has 1 saturated carbocycles. The van der Waals surface area contributed by atoms with Gasteiger partial charge in [-0.15, -0.1) is 0 Å². The lowest BCUT2D eigenvalue weighted by Crippen LogP contribution is -2.53. The van der Waals surface area contributed by atoms with Gasteiger partial charge in [-0.3, -0.25) is 9.78 Å². The van der Waals surface area contributed by atoms with Crippen molar-refractivity contribution in [1.29, 1.82) is 0 Å². The van der Waals surface area contributed by atoms with E-state index in [4.69, 9.17) is 5.73 Å². The van der Waals surface area contributed by atoms with Crippen LogP contribution in [0.25, 0.3) is 10.9 Å². The highest BCUT2D eigenvalue weighted by Gasteiger charge is 2.44. The zero-order valence-electron chi connectivity index (χ0n) is 14.4. The first kappa shape index (κ1) is 16.5. The Hall–Kier alpha value is -1.98. The predicted molar refractivity (Wildman–Crippen MR) is 96.9 cm³/mol. The number of rotatable bonds is 3. The minimum atomic E-state index is -0.710. The summed E-state index contributed by atoms with van der Waals surface area (Å²) in [5.41, 5.74) is 7.75. The lowest BCUT2D eigenvalue weighted by atomic mass is 9.94. The third-order valence-electron chi connectivity index (χ3n) is 5.84. The van der Waals surface area contributed by atoms with Crippen LogP contribution in [-0.2, 0) is 11.2 Å². The summed E-state index contributed by atoms with van der Waals surface area (Å²) in [6, 6.07) is 10.1. The number of nitrogens with two attached hydrogens (primary N) is 1. The molecule has 2 fully saturated rings. The second-order valence-corrected chi connectivity index (χ2v) is 7.59. The molecule has 1 saturated heterocycles. The van der Waals surface area contributed by atoms with Crippen molar-refractivity contribution in [3.8, 4) is 0 Å². The maximum absolute atomic E-state index is 12.8. The molecule has 5 heteroatoms. The molecular formula is C20H25N3O2. The van der Waals surface area contributed by atoms with Gasteiger partial charge in [-0.2, -0.15) is 0 Å². The maximum atomic E-state index is 12.8. The molecule has 5 nitrogen and oxygen atoms in total. The van der Waals surface area contributed by atoms with Crippen molar-refractivity contribution in [1.82, 2.24) is 9.88 Å². The number of hydrogen-bond acceptors (Lipinski definition) is 4. The molecular weight excluding hydrogens is 314 g/mol. The summed E-state index contributed by atoms with van der Waals surface area (Å²) in [4.78, 5) is 19.0. The monoisotopic (exact) mass is 339 g/mol. The van der Waals surface area contributed by atoms with Gasteiger partial charge < -0.3 is 15.7 Å². The number of carbonyl (C=O) groups is 1. The van der Waals surface area contributed by atoms with Crippen molar-refractivity contribution in [2.24, 2.45) is 11.7 Å². The van der Waals surface area contributed by atoms with Crippen LogP contribution in [0.4, 0.5) is 0 Å². The average molecular weight is 339 g/mol. The number of para-hydroxylation sites is 1. The van der Waals surface area contributed by atoms with Crippen LogP contribution in [0.5, 0.6) is 0 Å². The predicted octanol–water partition coefficient (Wildman–Crippen LogP) is 1.87. The van der Waals surface area contributed by atoms with Crippen LogP contribution in [0, 0.1) is 5.92 Å². The molecule has 1 aromatic heterocycles. The molecule has 1 amide bonds. The van der Waals surface area contributed by atoms with Gasteiger partial charge in [0.15, 0.2) is 0 Å². The molecule has 1 aliphatic carbocycles. The van der Waals surface area contributed by atoms with Gasteiger partial charge in [0, 0.05) is 30.6 Å². The highest BCUT2D eigenvalue weighted by atomic mass is 16.3. The minimum absolute atomic E-state index is 0.0196. The van der Waals surface area contributed by atoms with Crippen LogP contribution in [0.15, 0.2) is 36.5 Å². The summed E-state index contributed by atoms with van der Waals surface area (Å²) in [6.45, 7) is 0.973. The molecule has 0 radical (unpaired) electrons. The van der Waals surface area contributed by atoms with Gasteiger partial charge in [-0.05, 0) is 37.0 Å². The van der Waals surface area contributed by atoms with E-state index in [0.717, 1.165) is 43.0 Å². The van der Waals surface area contributed by atoms with Gasteiger partial charge in [0.25, 0.3) is 0 Å². The second-order valence-electron chi connectivity index (χ2n) is 7.59. The quantitative estimate of drug-likeness (QED) is 0.895. The molecule has 1 aromatic carbocycles. The van der Waals surface area contributed by atoms with Crippen molar-refractivity contribution in [3.63, 3.8) is 0 Å². The van der Waals surface area contributed by atoms with Gasteiger partial charge in [0.05, 0.1) is 17.2 Å². The van der Waals surface area contributed by atoms with E-state index in [2.05, 4.69) is 11.1 Å². The lowest BCUT2D eigenvalue weighted by Gasteiger charge is -2.28. The van der Waals surface area contributed by atoms with E-state index in [1.807, 2.05) is 30.5 Å². The van der Waals surface area contributed by atoms with E-state index in [0.29, 0.717) is 13.1 Å². The van der Waals surface area contributed by atoms with Gasteiger partial charge >= 0.3 is 0 Å². The van der Waals surface area contributed by atoms with E-state index in [-0.39, 0.29) is 11.8 Å². The van der Waals surface area contributed by atoms with Crippen LogP contribution in [0.3, 0.4) is 0 Å². The number of fused-ring (bicyclic) bond motifs is 1. The summed E-state index contributed by atoms with van der Waals surface area (Å²) in [5.74, 6) is 0.0610. The normalized spacial score (nSPS) is 25.6. The number of β-amino-alcohol motifs (C(OH)–C–C–N with tert-alkyl or cyclic N) is 1. The van der Waals surface area contributed by atoms with Crippen molar-refractivity contribution < 1.29 is 9.90 Å². The molecule has 0 bridgehead atoms. The van der Waals surface area contributed by atoms with E-state index in [1.54, 1.807) is 4.90 Å². The molecule has 4 rings (SSSR count). The van der Waals surface area contributed by atoms with Gasteiger partial charge in [-0.25, -0.2) is 0 Å². The SMILES string of the molecule is NC1(C(=O)N2C[C@@H](Cc3ccnc4ccccc34)[C@@H](O)C2)CCCC1. The number of hydrogen-bond donors (Lipinski definition) is 2. The minimum Gasteiger partial charge on any atom is -0.391 e. The number of aliphatic hydroxyl groups excluding tert-OH is 1. The number of pyridine rings is 1. The first-order valence-electron chi connectivity index (χ1n) is 9.16. The Morgan fingerprint density at radius 3 is 2.80 bits per heavy atom. The summed E-state index contributed by atoms with van der Waals surface area (Å²) in [6.07, 6.45) is 5.62. The van der Waals surface area contributed by atoms with Crippen molar-refractivity contribution >= 4 is 16.8 Å². The smallest absolute Gasteiger partial charge is 0.242 e. The lowest BCUT2D eigenvalue weighted by molar-refractivity contribution is -0.136. The largest absolute Gasteiger partial charge is 0.391 e. The molecule has 2 heterocycles. The third kappa shape index (κ3) is 3.02. The highest BCUT2D eigenvalue weighted by Crippen LogP contribution is 2.32. The van der Waals surface area contributed by atoms with Crippen LogP contribution in [0.2, 0.25) is 0 Å². The van der Waals surface area contributed by atoms with Crippen molar-refractivity contribution in [2.45, 2.75) is 43.7 Å². The molecule has 2 aromatic rings. The van der Waals surface area contributed by atoms with Crippen LogP contribution < -0.4 is 5.73 Å². The highest BCUT2D eigenvalue weighted by molar-refractivity contribution is 5.87. The van der Waals surface area contributed by atoms with E-state index in [1.165, 1.54) is 5.56 Å². The average Bonchev–Trinajstić information content (AvgIpc) is 3.22. The molecule has 132 valence electrons. The zero-order valence-corrected chi connectivity index (χ0v) is 14.4.